The van der Waals surface area contributed by atoms with Gasteiger partial charge in [0.05, 0.1) is 24.9 Å². The number of fused-ring (bicyclic) bond motifs is 1. The van der Waals surface area contributed by atoms with Crippen molar-refractivity contribution in [2.45, 2.75) is 56.5 Å². The molecule has 6 heteroatoms. The Labute approximate surface area is 177 Å². The van der Waals surface area contributed by atoms with Crippen molar-refractivity contribution in [2.24, 2.45) is 17.8 Å². The van der Waals surface area contributed by atoms with Gasteiger partial charge in [-0.15, -0.1) is 0 Å². The van der Waals surface area contributed by atoms with E-state index >= 15 is 0 Å². The molecule has 2 aromatic rings. The van der Waals surface area contributed by atoms with Gasteiger partial charge in [0.15, 0.2) is 0 Å². The number of rotatable bonds is 6. The smallest absolute Gasteiger partial charge is 0.126 e. The fourth-order valence-electron chi connectivity index (χ4n) is 5.99. The summed E-state index contributed by atoms with van der Waals surface area (Å²) < 4.78 is 7.78. The molecule has 2 saturated heterocycles. The van der Waals surface area contributed by atoms with Crippen LogP contribution in [0.15, 0.2) is 18.3 Å². The number of pyridine rings is 1. The van der Waals surface area contributed by atoms with Crippen molar-refractivity contribution in [3.8, 4) is 11.3 Å². The molecule has 6 nitrogen and oxygen atoms in total. The van der Waals surface area contributed by atoms with E-state index < -0.39 is 0 Å². The Hall–Kier alpha value is -1.92. The summed E-state index contributed by atoms with van der Waals surface area (Å²) in [7, 11) is 0. The number of hydrogen-bond donors (Lipinski definition) is 1. The second-order valence-corrected chi connectivity index (χ2v) is 10.4. The van der Waals surface area contributed by atoms with Crippen LogP contribution >= 0.6 is 0 Å². The Kier molecular flexibility index (Phi) is 3.86. The number of nitrogens with zero attached hydrogens (tertiary/aromatic N) is 4. The highest BCUT2D eigenvalue weighted by Crippen LogP contribution is 2.59. The normalized spacial score (nSPS) is 31.4. The van der Waals surface area contributed by atoms with Gasteiger partial charge in [-0.25, -0.2) is 4.98 Å². The maximum Gasteiger partial charge on any atom is 0.126 e. The molecule has 3 atom stereocenters. The van der Waals surface area contributed by atoms with Crippen molar-refractivity contribution in [3.63, 3.8) is 0 Å². The second-order valence-electron chi connectivity index (χ2n) is 10.4. The Bertz CT molecular complexity index is 962. The fraction of sp³-hybridized carbons (Fsp3) is 0.667. The van der Waals surface area contributed by atoms with Gasteiger partial charge in [-0.05, 0) is 67.1 Å². The van der Waals surface area contributed by atoms with Gasteiger partial charge in [0.25, 0.3) is 0 Å². The molecule has 7 rings (SSSR count). The monoisotopic (exact) mass is 405 g/mol. The molecule has 2 aromatic heterocycles. The van der Waals surface area contributed by atoms with E-state index in [4.69, 9.17) is 15.6 Å². The van der Waals surface area contributed by atoms with Crippen LogP contribution in [0.2, 0.25) is 0 Å². The molecule has 0 unspecified atom stereocenters. The van der Waals surface area contributed by atoms with Crippen molar-refractivity contribution in [1.29, 1.82) is 0 Å². The lowest BCUT2D eigenvalue weighted by atomic mass is 9.85. The third-order valence-corrected chi connectivity index (χ3v) is 8.43. The SMILES string of the molecule is Nc1ncc(-c2cc([C@H]3[C@@H]4CN(C5COC5)C[C@@H]43)n(CC3CCC3)n2)cc1C1CC1. The molecule has 0 bridgehead atoms. The van der Waals surface area contributed by atoms with Gasteiger partial charge in [0, 0.05) is 43.0 Å². The van der Waals surface area contributed by atoms with E-state index in [1.54, 1.807) is 0 Å². The van der Waals surface area contributed by atoms with E-state index in [9.17, 15) is 0 Å². The molecule has 5 aliphatic rings. The summed E-state index contributed by atoms with van der Waals surface area (Å²) in [5.74, 6) is 4.42. The van der Waals surface area contributed by atoms with E-state index in [0.29, 0.717) is 23.7 Å². The fourth-order valence-corrected chi connectivity index (χ4v) is 5.99. The highest BCUT2D eigenvalue weighted by atomic mass is 16.5. The summed E-state index contributed by atoms with van der Waals surface area (Å²) in [5, 5.41) is 5.13. The quantitative estimate of drug-likeness (QED) is 0.799. The molecule has 5 fully saturated rings. The van der Waals surface area contributed by atoms with Gasteiger partial charge in [0.1, 0.15) is 5.82 Å². The molecule has 2 N–H and O–H groups in total. The number of ether oxygens (including phenoxy) is 1. The van der Waals surface area contributed by atoms with Crippen LogP contribution in [0.25, 0.3) is 11.3 Å². The second kappa shape index (κ2) is 6.54. The van der Waals surface area contributed by atoms with Gasteiger partial charge < -0.3 is 10.5 Å². The Balaban J connectivity index is 1.17. The number of anilines is 1. The average Bonchev–Trinajstić information content (AvgIpc) is 3.53. The zero-order chi connectivity index (χ0) is 19.8. The topological polar surface area (TPSA) is 69.2 Å². The van der Waals surface area contributed by atoms with Crippen LogP contribution in [0.3, 0.4) is 0 Å². The summed E-state index contributed by atoms with van der Waals surface area (Å²) in [6.07, 6.45) is 8.50. The highest BCUT2D eigenvalue weighted by molar-refractivity contribution is 5.63. The number of nitrogen functional groups attached to an aromatic ring is 1. The summed E-state index contributed by atoms with van der Waals surface area (Å²) in [6, 6.07) is 5.31. The third-order valence-electron chi connectivity index (χ3n) is 8.43. The van der Waals surface area contributed by atoms with Crippen LogP contribution in [0.1, 0.15) is 55.2 Å². The third kappa shape index (κ3) is 2.83. The first kappa shape index (κ1) is 17.7. The molecule has 0 radical (unpaired) electrons. The van der Waals surface area contributed by atoms with Gasteiger partial charge in [-0.3, -0.25) is 9.58 Å². The van der Waals surface area contributed by atoms with Crippen LogP contribution in [-0.2, 0) is 11.3 Å². The van der Waals surface area contributed by atoms with Crippen molar-refractivity contribution in [2.75, 3.05) is 32.0 Å². The molecule has 2 aliphatic heterocycles. The van der Waals surface area contributed by atoms with Crippen LogP contribution in [0, 0.1) is 17.8 Å². The van der Waals surface area contributed by atoms with E-state index in [-0.39, 0.29) is 0 Å². The zero-order valence-electron chi connectivity index (χ0n) is 17.5. The standard InChI is InChI=1S/C24H31N5O/c25-24-18(15-4-5-15)6-16(8-26-24)21-7-22(29(27-21)9-14-2-1-3-14)23-19-10-28(11-20(19)23)17-12-30-13-17/h6-8,14-15,17,19-20,23H,1-5,9-13H2,(H2,25,26)/t19-,20+,23+. The van der Waals surface area contributed by atoms with Crippen LogP contribution in [0.4, 0.5) is 5.82 Å². The lowest BCUT2D eigenvalue weighted by Crippen LogP contribution is -2.48. The lowest BCUT2D eigenvalue weighted by Gasteiger charge is -2.36. The first-order valence-electron chi connectivity index (χ1n) is 11.9. The summed E-state index contributed by atoms with van der Waals surface area (Å²) in [4.78, 5) is 7.18. The number of nitrogens with two attached hydrogens (primary N) is 1. The molecule has 30 heavy (non-hydrogen) atoms. The van der Waals surface area contributed by atoms with Crippen molar-refractivity contribution >= 4 is 5.82 Å². The Morgan fingerprint density at radius 2 is 1.87 bits per heavy atom. The minimum absolute atomic E-state index is 0.609. The minimum atomic E-state index is 0.609. The van der Waals surface area contributed by atoms with Gasteiger partial charge in [-0.1, -0.05) is 6.42 Å². The summed E-state index contributed by atoms with van der Waals surface area (Å²) >= 11 is 0. The molecule has 3 aliphatic carbocycles. The van der Waals surface area contributed by atoms with E-state index in [1.807, 2.05) is 6.20 Å². The van der Waals surface area contributed by atoms with Crippen molar-refractivity contribution < 1.29 is 4.74 Å². The molecule has 158 valence electrons. The largest absolute Gasteiger partial charge is 0.383 e. The summed E-state index contributed by atoms with van der Waals surface area (Å²) in [6.45, 7) is 5.43. The van der Waals surface area contributed by atoms with Gasteiger partial charge in [0.2, 0.25) is 0 Å². The molecule has 4 heterocycles. The zero-order valence-corrected chi connectivity index (χ0v) is 17.5. The number of likely N-dealkylation sites (tertiary alicyclic amines) is 1. The van der Waals surface area contributed by atoms with Crippen LogP contribution in [0.5, 0.6) is 0 Å². The molecule has 0 spiro atoms. The molecule has 3 saturated carbocycles. The molecular weight excluding hydrogens is 374 g/mol. The first-order valence-corrected chi connectivity index (χ1v) is 11.9. The van der Waals surface area contributed by atoms with Gasteiger partial charge >= 0.3 is 0 Å². The average molecular weight is 406 g/mol. The number of aromatic nitrogens is 3. The Morgan fingerprint density at radius 3 is 2.50 bits per heavy atom. The van der Waals surface area contributed by atoms with Crippen LogP contribution in [-0.4, -0.2) is 52.0 Å². The van der Waals surface area contributed by atoms with E-state index in [1.165, 1.54) is 56.5 Å². The van der Waals surface area contributed by atoms with Gasteiger partial charge in [-0.2, -0.15) is 5.10 Å². The number of piperidine rings is 1. The molecule has 0 amide bonds. The maximum absolute atomic E-state index is 6.16. The highest BCUT2D eigenvalue weighted by Gasteiger charge is 2.58. The molecular formula is C24H31N5O. The predicted molar refractivity (Wildman–Crippen MR) is 115 cm³/mol. The first-order chi connectivity index (χ1) is 14.7. The lowest BCUT2D eigenvalue weighted by molar-refractivity contribution is -0.0610. The predicted octanol–water partition coefficient (Wildman–Crippen LogP) is 3.25. The Morgan fingerprint density at radius 1 is 1.07 bits per heavy atom. The van der Waals surface area contributed by atoms with E-state index in [2.05, 4.69) is 26.7 Å². The van der Waals surface area contributed by atoms with Crippen molar-refractivity contribution in [1.82, 2.24) is 19.7 Å². The van der Waals surface area contributed by atoms with E-state index in [0.717, 1.165) is 48.8 Å². The summed E-state index contributed by atoms with van der Waals surface area (Å²) in [5.41, 5.74) is 11.1. The van der Waals surface area contributed by atoms with Crippen molar-refractivity contribution in [3.05, 3.63) is 29.6 Å². The molecule has 0 aromatic carbocycles. The maximum atomic E-state index is 6.16. The van der Waals surface area contributed by atoms with Crippen LogP contribution < -0.4 is 5.73 Å². The minimum Gasteiger partial charge on any atom is -0.383 e. The number of hydrogen-bond acceptors (Lipinski definition) is 5.